The second-order valence-corrected chi connectivity index (χ2v) is 43.8. The zero-order valence-corrected chi connectivity index (χ0v) is 44.8. The van der Waals surface area contributed by atoms with E-state index in [0.717, 1.165) is 112 Å². The number of hydrogen-bond acceptors (Lipinski definition) is 9. The van der Waals surface area contributed by atoms with Crippen LogP contribution in [0.5, 0.6) is 0 Å². The van der Waals surface area contributed by atoms with Crippen LogP contribution >= 0.6 is 0 Å². The van der Waals surface area contributed by atoms with Crippen LogP contribution < -0.4 is 35.8 Å². The summed E-state index contributed by atoms with van der Waals surface area (Å²) in [6.07, 6.45) is 8.61. The SMILES string of the molecule is CCC[CH2][Sn]([CH2]CCC)([CH2]CCC)[c]1cn(C2OC(CC)C(C)C2F)c(=O)[nH]c1=O.CCC[CH2][Sn]([CH2]CCC)([CH2]CCC)[c]1cn(C2OC(CO)C(O)C2F)c(=O)[nH]c1=O.N.O. The van der Waals surface area contributed by atoms with E-state index < -0.39 is 91.7 Å². The minimum Gasteiger partial charge on any atom is -0.412 e. The fraction of sp³-hybridized carbons (Fsp3) is 0.818. The first kappa shape index (κ1) is 58.6. The number of ether oxygens (including phenoxy) is 2. The van der Waals surface area contributed by atoms with Gasteiger partial charge in [-0.3, -0.25) is 0 Å². The third-order valence-electron chi connectivity index (χ3n) is 13.2. The molecule has 0 aromatic carbocycles. The van der Waals surface area contributed by atoms with Crippen LogP contribution in [0.3, 0.4) is 0 Å². The second kappa shape index (κ2) is 28.6. The number of rotatable bonds is 24. The van der Waals surface area contributed by atoms with Gasteiger partial charge in [0, 0.05) is 0 Å². The molecule has 8 atom stereocenters. The molecule has 2 aromatic rings. The average molecular weight is 1100 g/mol. The van der Waals surface area contributed by atoms with Crippen molar-refractivity contribution in [2.45, 2.75) is 209 Å². The van der Waals surface area contributed by atoms with Crippen LogP contribution in [0.1, 0.15) is 151 Å². The van der Waals surface area contributed by atoms with Crippen molar-refractivity contribution < 1.29 is 33.9 Å². The maximum Gasteiger partial charge on any atom is -0.344 e. The molecule has 2 aliphatic heterocycles. The van der Waals surface area contributed by atoms with Gasteiger partial charge in [0.25, 0.3) is 0 Å². The molecule has 9 N–H and O–H groups in total. The van der Waals surface area contributed by atoms with Gasteiger partial charge in [-0.2, -0.15) is 0 Å². The number of unbranched alkanes of at least 4 members (excludes halogenated alkanes) is 6. The summed E-state index contributed by atoms with van der Waals surface area (Å²) < 4.78 is 51.6. The van der Waals surface area contributed by atoms with E-state index in [0.29, 0.717) is 10.0 Å². The summed E-state index contributed by atoms with van der Waals surface area (Å²) in [5.41, 5.74) is -1.88. The standard InChI is InChI=1S/C11H14FN2O3.C9H10FN2O5.6C4H9.H3N.H2O.2Sn/c1-3-7-6(2)9(12)10(17-7)14-5-4-8(15)13-11(14)16;10-6-7(15)4(3-13)17-8(6)12-2-1-5(14)11-9(12)16;6*1-3-4-2;;;;/h5-7,9-10H,3H2,1-2H3,(H,13,15,16);2,4,6-8,13,15H,3H2,(H,11,14,16);6*1,3-4H2,2H3;1H3;1H2;;. The van der Waals surface area contributed by atoms with E-state index >= 15 is 4.39 Å². The Balaban J connectivity index is 0.000000601. The van der Waals surface area contributed by atoms with Crippen LogP contribution in [0.25, 0.3) is 0 Å². The van der Waals surface area contributed by atoms with Crippen molar-refractivity contribution in [2.24, 2.45) is 5.92 Å². The summed E-state index contributed by atoms with van der Waals surface area (Å²) in [5.74, 6) is -0.268. The first-order valence-electron chi connectivity index (χ1n) is 23.3. The number of nitrogens with one attached hydrogen (secondary N) is 2. The number of aliphatic hydroxyl groups is 2. The first-order chi connectivity index (χ1) is 28.7. The quantitative estimate of drug-likeness (QED) is 0.0732. The van der Waals surface area contributed by atoms with Crippen molar-refractivity contribution in [1.29, 1.82) is 0 Å². The summed E-state index contributed by atoms with van der Waals surface area (Å²) in [7, 11) is 0. The van der Waals surface area contributed by atoms with Gasteiger partial charge in [-0.15, -0.1) is 0 Å². The summed E-state index contributed by atoms with van der Waals surface area (Å²) in [5, 5.41) is 19.3. The molecule has 2 aliphatic rings. The fourth-order valence-corrected chi connectivity index (χ4v) is 41.4. The van der Waals surface area contributed by atoms with Gasteiger partial charge >= 0.3 is 367 Å². The molecule has 8 unspecified atom stereocenters. The van der Waals surface area contributed by atoms with Crippen molar-refractivity contribution in [3.63, 3.8) is 0 Å². The number of hydrogen-bond donors (Lipinski definition) is 5. The summed E-state index contributed by atoms with van der Waals surface area (Å²) in [6.45, 7) is 16.2. The van der Waals surface area contributed by atoms with Crippen LogP contribution in [-0.4, -0.2) is 109 Å². The van der Waals surface area contributed by atoms with E-state index in [1.165, 1.54) is 10.8 Å². The molecule has 0 aliphatic carbocycles. The summed E-state index contributed by atoms with van der Waals surface area (Å²) in [6, 6.07) is 0. The number of aromatic amines is 2. The topological polar surface area (TPSA) is 235 Å². The molecule has 2 fully saturated rings. The molecule has 0 amide bonds. The predicted octanol–water partition coefficient (Wildman–Crippen LogP) is 6.39. The smallest absolute Gasteiger partial charge is 0.344 e. The van der Waals surface area contributed by atoms with Crippen molar-refractivity contribution in [3.05, 3.63) is 54.1 Å². The minimum absolute atomic E-state index is 0. The number of halogens is 2. The van der Waals surface area contributed by atoms with Gasteiger partial charge in [0.05, 0.1) is 0 Å². The fourth-order valence-electron chi connectivity index (χ4n) is 9.36. The Morgan fingerprint density at radius 2 is 0.935 bits per heavy atom. The third kappa shape index (κ3) is 14.3. The molecule has 0 spiro atoms. The monoisotopic (exact) mass is 1100 g/mol. The number of nitrogens with zero attached hydrogens (tertiary/aromatic N) is 2. The minimum atomic E-state index is -3.19. The Kier molecular flexibility index (Phi) is 27.0. The predicted molar refractivity (Wildman–Crippen MR) is 251 cm³/mol. The Bertz CT molecular complexity index is 1650. The van der Waals surface area contributed by atoms with Crippen LogP contribution in [0.4, 0.5) is 8.78 Å². The van der Waals surface area contributed by atoms with Gasteiger partial charge in [-0.05, 0) is 0 Å². The molecule has 4 heterocycles. The van der Waals surface area contributed by atoms with Gasteiger partial charge in [0.1, 0.15) is 0 Å². The van der Waals surface area contributed by atoms with Crippen LogP contribution in [-0.2, 0) is 9.47 Å². The maximum absolute atomic E-state index is 15.1. The molecular formula is C44H83F2N5O9Sn2. The Hall–Kier alpha value is -1.42. The summed E-state index contributed by atoms with van der Waals surface area (Å²) >= 11 is -6.26. The second-order valence-electron chi connectivity index (χ2n) is 17.6. The average Bonchev–Trinajstić information content (AvgIpc) is 3.69. The molecule has 62 heavy (non-hydrogen) atoms. The van der Waals surface area contributed by atoms with Crippen LogP contribution in [0.2, 0.25) is 26.6 Å². The zero-order valence-electron chi connectivity index (χ0n) is 39.1. The molecule has 4 rings (SSSR count). The molecule has 360 valence electrons. The number of aromatic nitrogens is 4. The number of aliphatic hydroxyl groups excluding tert-OH is 2. The third-order valence-corrected chi connectivity index (χ3v) is 44.2. The van der Waals surface area contributed by atoms with E-state index in [2.05, 4.69) is 51.5 Å². The largest absolute Gasteiger partial charge is 0.412 e. The summed E-state index contributed by atoms with van der Waals surface area (Å²) in [4.78, 5) is 56.2. The van der Waals surface area contributed by atoms with Crippen molar-refractivity contribution in [3.8, 4) is 0 Å². The van der Waals surface area contributed by atoms with Crippen molar-refractivity contribution >= 4 is 43.9 Å². The first-order valence-corrected chi connectivity index (χ1v) is 38.3. The van der Waals surface area contributed by atoms with Crippen LogP contribution in [0.15, 0.2) is 31.6 Å². The Morgan fingerprint density at radius 1 is 0.613 bits per heavy atom. The van der Waals surface area contributed by atoms with E-state index in [-0.39, 0.29) is 34.8 Å². The van der Waals surface area contributed by atoms with Crippen molar-refractivity contribution in [1.82, 2.24) is 25.3 Å². The molecule has 0 radical (unpaired) electrons. The van der Waals surface area contributed by atoms with E-state index in [9.17, 15) is 33.8 Å². The van der Waals surface area contributed by atoms with Gasteiger partial charge in [0.15, 0.2) is 0 Å². The van der Waals surface area contributed by atoms with E-state index in [1.54, 1.807) is 6.20 Å². The molecule has 2 saturated heterocycles. The van der Waals surface area contributed by atoms with Gasteiger partial charge in [-0.1, -0.05) is 0 Å². The molecule has 0 bridgehead atoms. The Morgan fingerprint density at radius 3 is 1.21 bits per heavy atom. The van der Waals surface area contributed by atoms with E-state index in [1.807, 2.05) is 13.8 Å². The molecule has 0 saturated carbocycles. The van der Waals surface area contributed by atoms with Crippen molar-refractivity contribution in [2.75, 3.05) is 6.61 Å². The molecule has 14 nitrogen and oxygen atoms in total. The van der Waals surface area contributed by atoms with Gasteiger partial charge < -0.3 is 11.6 Å². The van der Waals surface area contributed by atoms with Gasteiger partial charge in [0.2, 0.25) is 0 Å². The zero-order chi connectivity index (χ0) is 44.6. The normalized spacial score (nSPS) is 23.7. The van der Waals surface area contributed by atoms with Gasteiger partial charge in [-0.25, -0.2) is 0 Å². The molecular weight excluding hydrogens is 1020 g/mol. The molecule has 18 heteroatoms. The van der Waals surface area contributed by atoms with Crippen LogP contribution in [0, 0.1) is 5.92 Å². The number of H-pyrrole nitrogens is 2. The number of alkyl halides is 2. The Labute approximate surface area is 376 Å². The molecule has 2 aromatic heterocycles. The maximum atomic E-state index is 15.1. The van der Waals surface area contributed by atoms with E-state index in [4.69, 9.17) is 9.47 Å².